The third kappa shape index (κ3) is 3.89. The summed E-state index contributed by atoms with van der Waals surface area (Å²) in [5.74, 6) is 0.389. The maximum Gasteiger partial charge on any atom is 0.263 e. The van der Waals surface area contributed by atoms with Crippen molar-refractivity contribution < 1.29 is 17.7 Å². The molecule has 0 aliphatic heterocycles. The smallest absolute Gasteiger partial charge is 0.263 e. The lowest BCUT2D eigenvalue weighted by Crippen LogP contribution is -2.30. The predicted octanol–water partition coefficient (Wildman–Crippen LogP) is 2.27. The third-order valence-electron chi connectivity index (χ3n) is 3.31. The van der Waals surface area contributed by atoms with Crippen LogP contribution in [0.25, 0.3) is 0 Å². The van der Waals surface area contributed by atoms with Crippen LogP contribution in [0.3, 0.4) is 0 Å². The van der Waals surface area contributed by atoms with Crippen LogP contribution in [0.5, 0.6) is 0 Å². The van der Waals surface area contributed by atoms with E-state index in [0.29, 0.717) is 24.4 Å². The maximum atomic E-state index is 12.4. The van der Waals surface area contributed by atoms with Crippen molar-refractivity contribution in [3.05, 3.63) is 41.7 Å². The molecule has 7 nitrogen and oxygen atoms in total. The zero-order valence-electron chi connectivity index (χ0n) is 13.2. The topological polar surface area (TPSA) is 92.5 Å². The molecule has 0 radical (unpaired) electrons. The van der Waals surface area contributed by atoms with E-state index in [0.717, 1.165) is 0 Å². The molecule has 23 heavy (non-hydrogen) atoms. The highest BCUT2D eigenvalue weighted by Crippen LogP contribution is 2.18. The van der Waals surface area contributed by atoms with Gasteiger partial charge in [-0.2, -0.15) is 0 Å². The summed E-state index contributed by atoms with van der Waals surface area (Å²) in [4.78, 5) is 14.0. The second kappa shape index (κ2) is 6.82. The standard InChI is InChI=1S/C15H19N3O4S/c1-4-18(5-2)15(19)12-7-6-8-13(10-12)23(20,21)17-14-9-11(3)22-16-14/h6-10H,4-5H2,1-3H3,(H,16,17). The first kappa shape index (κ1) is 17.0. The molecule has 2 aromatic rings. The quantitative estimate of drug-likeness (QED) is 0.873. The van der Waals surface area contributed by atoms with Gasteiger partial charge in [-0.3, -0.25) is 9.52 Å². The van der Waals surface area contributed by atoms with Crippen LogP contribution in [0, 0.1) is 6.92 Å². The Morgan fingerprint density at radius 3 is 2.52 bits per heavy atom. The molecule has 0 aliphatic carbocycles. The number of carbonyl (C=O) groups is 1. The van der Waals surface area contributed by atoms with Gasteiger partial charge in [0, 0.05) is 24.7 Å². The highest BCUT2D eigenvalue weighted by Gasteiger charge is 2.19. The van der Waals surface area contributed by atoms with E-state index < -0.39 is 10.0 Å². The summed E-state index contributed by atoms with van der Waals surface area (Å²) in [6, 6.07) is 7.39. The van der Waals surface area contributed by atoms with Crippen molar-refractivity contribution in [1.82, 2.24) is 10.1 Å². The van der Waals surface area contributed by atoms with Gasteiger partial charge in [-0.15, -0.1) is 0 Å². The lowest BCUT2D eigenvalue weighted by atomic mass is 10.2. The van der Waals surface area contributed by atoms with Crippen LogP contribution < -0.4 is 4.72 Å². The Bertz CT molecular complexity index is 795. The van der Waals surface area contributed by atoms with Gasteiger partial charge in [0.1, 0.15) is 5.76 Å². The SMILES string of the molecule is CCN(CC)C(=O)c1cccc(S(=O)(=O)Nc2cc(C)on2)c1. The van der Waals surface area contributed by atoms with Gasteiger partial charge in [0.2, 0.25) is 0 Å². The second-order valence-corrected chi connectivity index (χ2v) is 6.62. The molecule has 0 saturated carbocycles. The minimum absolute atomic E-state index is 0.00356. The number of anilines is 1. The van der Waals surface area contributed by atoms with Crippen LogP contribution in [-0.2, 0) is 10.0 Å². The first-order valence-corrected chi connectivity index (χ1v) is 8.71. The molecular formula is C15H19N3O4S. The van der Waals surface area contributed by atoms with Crippen molar-refractivity contribution in [2.75, 3.05) is 17.8 Å². The minimum Gasteiger partial charge on any atom is -0.360 e. The Kier molecular flexibility index (Phi) is 5.05. The van der Waals surface area contributed by atoms with E-state index in [9.17, 15) is 13.2 Å². The Balaban J connectivity index is 2.29. The Morgan fingerprint density at radius 1 is 1.26 bits per heavy atom. The summed E-state index contributed by atoms with van der Waals surface area (Å²) in [6.07, 6.45) is 0. The molecule has 0 aliphatic rings. The molecule has 0 fully saturated rings. The molecule has 124 valence electrons. The van der Waals surface area contributed by atoms with Crippen molar-refractivity contribution in [1.29, 1.82) is 0 Å². The second-order valence-electron chi connectivity index (χ2n) is 4.93. The summed E-state index contributed by atoms with van der Waals surface area (Å²) < 4.78 is 31.9. The fourth-order valence-electron chi connectivity index (χ4n) is 2.10. The van der Waals surface area contributed by atoms with E-state index in [-0.39, 0.29) is 16.6 Å². The van der Waals surface area contributed by atoms with Gasteiger partial charge in [0.25, 0.3) is 15.9 Å². The van der Waals surface area contributed by atoms with Crippen molar-refractivity contribution in [2.24, 2.45) is 0 Å². The van der Waals surface area contributed by atoms with E-state index in [1.807, 2.05) is 13.8 Å². The summed E-state index contributed by atoms with van der Waals surface area (Å²) in [5.41, 5.74) is 0.327. The molecule has 1 aromatic heterocycles. The number of amides is 1. The first-order valence-electron chi connectivity index (χ1n) is 7.23. The van der Waals surface area contributed by atoms with E-state index in [4.69, 9.17) is 4.52 Å². The molecule has 0 saturated heterocycles. The highest BCUT2D eigenvalue weighted by atomic mass is 32.2. The van der Waals surface area contributed by atoms with Gasteiger partial charge in [0.05, 0.1) is 4.90 Å². The van der Waals surface area contributed by atoms with Gasteiger partial charge in [-0.05, 0) is 39.0 Å². The molecule has 2 rings (SSSR count). The predicted molar refractivity (Wildman–Crippen MR) is 85.7 cm³/mol. The van der Waals surface area contributed by atoms with Crippen LogP contribution >= 0.6 is 0 Å². The summed E-state index contributed by atoms with van der Waals surface area (Å²) in [7, 11) is -3.84. The fraction of sp³-hybridized carbons (Fsp3) is 0.333. The van der Waals surface area contributed by atoms with E-state index in [1.165, 1.54) is 18.2 Å². The number of nitrogens with zero attached hydrogens (tertiary/aromatic N) is 2. The molecule has 8 heteroatoms. The Hall–Kier alpha value is -2.35. The molecule has 1 aromatic carbocycles. The molecule has 1 N–H and O–H groups in total. The van der Waals surface area contributed by atoms with E-state index >= 15 is 0 Å². The molecule has 1 amide bonds. The van der Waals surface area contributed by atoms with Crippen molar-refractivity contribution in [2.45, 2.75) is 25.7 Å². The van der Waals surface area contributed by atoms with E-state index in [1.54, 1.807) is 24.0 Å². The number of aryl methyl sites for hydroxylation is 1. The molecule has 1 heterocycles. The van der Waals surface area contributed by atoms with E-state index in [2.05, 4.69) is 9.88 Å². The lowest BCUT2D eigenvalue weighted by molar-refractivity contribution is 0.0772. The van der Waals surface area contributed by atoms with Crippen LogP contribution in [-0.4, -0.2) is 37.5 Å². The lowest BCUT2D eigenvalue weighted by Gasteiger charge is -2.18. The fourth-order valence-corrected chi connectivity index (χ4v) is 3.13. The molecule has 0 unspecified atom stereocenters. The number of rotatable bonds is 6. The number of carbonyl (C=O) groups excluding carboxylic acids is 1. The molecule has 0 spiro atoms. The monoisotopic (exact) mass is 337 g/mol. The number of hydrogen-bond donors (Lipinski definition) is 1. The average molecular weight is 337 g/mol. The largest absolute Gasteiger partial charge is 0.360 e. The number of hydrogen-bond acceptors (Lipinski definition) is 5. The molecular weight excluding hydrogens is 318 g/mol. The maximum absolute atomic E-state index is 12.4. The number of aromatic nitrogens is 1. The van der Waals surface area contributed by atoms with Crippen molar-refractivity contribution in [3.63, 3.8) is 0 Å². The van der Waals surface area contributed by atoms with Crippen LogP contribution in [0.15, 0.2) is 39.8 Å². The minimum atomic E-state index is -3.84. The van der Waals surface area contributed by atoms with Crippen LogP contribution in [0.1, 0.15) is 30.0 Å². The Labute approximate surface area is 135 Å². The third-order valence-corrected chi connectivity index (χ3v) is 4.66. The van der Waals surface area contributed by atoms with Crippen LogP contribution in [0.4, 0.5) is 5.82 Å². The van der Waals surface area contributed by atoms with Crippen molar-refractivity contribution in [3.8, 4) is 0 Å². The Morgan fingerprint density at radius 2 is 1.96 bits per heavy atom. The van der Waals surface area contributed by atoms with Gasteiger partial charge in [-0.25, -0.2) is 8.42 Å². The van der Waals surface area contributed by atoms with Gasteiger partial charge in [-0.1, -0.05) is 11.2 Å². The number of sulfonamides is 1. The molecule has 0 bridgehead atoms. The van der Waals surface area contributed by atoms with Crippen LogP contribution in [0.2, 0.25) is 0 Å². The van der Waals surface area contributed by atoms with Gasteiger partial charge < -0.3 is 9.42 Å². The van der Waals surface area contributed by atoms with Crippen molar-refractivity contribution >= 4 is 21.7 Å². The number of benzene rings is 1. The zero-order valence-corrected chi connectivity index (χ0v) is 14.1. The summed E-state index contributed by atoms with van der Waals surface area (Å²) >= 11 is 0. The zero-order chi connectivity index (χ0) is 17.0. The first-order chi connectivity index (χ1) is 10.9. The normalized spacial score (nSPS) is 11.3. The highest BCUT2D eigenvalue weighted by molar-refractivity contribution is 7.92. The number of nitrogens with one attached hydrogen (secondary N) is 1. The van der Waals surface area contributed by atoms with Gasteiger partial charge in [0.15, 0.2) is 5.82 Å². The average Bonchev–Trinajstić information content (AvgIpc) is 2.93. The summed E-state index contributed by atoms with van der Waals surface area (Å²) in [5, 5.41) is 3.60. The van der Waals surface area contributed by atoms with Gasteiger partial charge >= 0.3 is 0 Å². The molecule has 0 atom stereocenters. The summed E-state index contributed by atoms with van der Waals surface area (Å²) in [6.45, 7) is 6.52.